The summed E-state index contributed by atoms with van der Waals surface area (Å²) in [6, 6.07) is 7.75. The van der Waals surface area contributed by atoms with Crippen molar-refractivity contribution in [3.05, 3.63) is 54.1 Å². The van der Waals surface area contributed by atoms with Gasteiger partial charge in [-0.3, -0.25) is 0 Å². The first kappa shape index (κ1) is 22.5. The van der Waals surface area contributed by atoms with E-state index in [0.717, 1.165) is 15.7 Å². The first-order valence-electron chi connectivity index (χ1n) is 9.44. The quantitative estimate of drug-likeness (QED) is 0.538. The zero-order valence-corrected chi connectivity index (χ0v) is 18.7. The van der Waals surface area contributed by atoms with Crippen LogP contribution in [-0.2, 0) is 19.4 Å². The van der Waals surface area contributed by atoms with E-state index in [0.29, 0.717) is 10.8 Å². The van der Waals surface area contributed by atoms with Gasteiger partial charge >= 0.3 is 7.48 Å². The van der Waals surface area contributed by atoms with Crippen LogP contribution < -0.4 is 5.46 Å². The molecule has 1 radical (unpaired) electrons. The number of methoxy groups -OCH3 is 1. The number of pyridine rings is 1. The van der Waals surface area contributed by atoms with E-state index < -0.39 is 27.0 Å². The van der Waals surface area contributed by atoms with Crippen molar-refractivity contribution >= 4 is 34.0 Å². The van der Waals surface area contributed by atoms with Gasteiger partial charge in [-0.1, -0.05) is 17.7 Å². The highest BCUT2D eigenvalue weighted by Gasteiger charge is 2.38. The summed E-state index contributed by atoms with van der Waals surface area (Å²) in [5, 5.41) is 0.330. The predicted molar refractivity (Wildman–Crippen MR) is 115 cm³/mol. The molecule has 6 nitrogen and oxygen atoms in total. The number of ether oxygens (including phenoxy) is 1. The Kier molecular flexibility index (Phi) is 5.83. The van der Waals surface area contributed by atoms with E-state index in [1.807, 2.05) is 34.6 Å². The van der Waals surface area contributed by atoms with Crippen molar-refractivity contribution in [1.82, 2.24) is 8.96 Å². The minimum atomic E-state index is -3.93. The predicted octanol–water partition coefficient (Wildman–Crippen LogP) is 3.19. The van der Waals surface area contributed by atoms with Gasteiger partial charge in [0.2, 0.25) is 0 Å². The summed E-state index contributed by atoms with van der Waals surface area (Å²) in [4.78, 5) is 4.14. The molecule has 0 spiro atoms. The zero-order chi connectivity index (χ0) is 22.3. The third kappa shape index (κ3) is 4.01. The Labute approximate surface area is 177 Å². The van der Waals surface area contributed by atoms with Crippen molar-refractivity contribution in [3.63, 3.8) is 0 Å². The molecule has 159 valence electrons. The fourth-order valence-electron chi connectivity index (χ4n) is 2.78. The molecule has 0 aliphatic rings. The molecular formula is C21H25BFN2O4S. The molecule has 0 amide bonds. The lowest BCUT2D eigenvalue weighted by molar-refractivity contribution is -0.114. The molecule has 3 rings (SSSR count). The Bertz CT molecular complexity index is 1170. The normalized spacial score (nSPS) is 13.0. The summed E-state index contributed by atoms with van der Waals surface area (Å²) < 4.78 is 52.9. The van der Waals surface area contributed by atoms with Crippen molar-refractivity contribution < 1.29 is 22.2 Å². The van der Waals surface area contributed by atoms with Crippen LogP contribution in [0.2, 0.25) is 0 Å². The molecule has 0 aliphatic heterocycles. The van der Waals surface area contributed by atoms with Gasteiger partial charge in [0.25, 0.3) is 10.0 Å². The molecule has 0 fully saturated rings. The fraction of sp³-hybridized carbons (Fsp3) is 0.381. The first-order chi connectivity index (χ1) is 13.9. The summed E-state index contributed by atoms with van der Waals surface area (Å²) in [7, 11) is -0.920. The van der Waals surface area contributed by atoms with Crippen LogP contribution in [0.1, 0.15) is 33.3 Å². The van der Waals surface area contributed by atoms with Crippen LogP contribution in [-0.4, -0.2) is 43.2 Å². The summed E-state index contributed by atoms with van der Waals surface area (Å²) in [5.41, 5.74) is 0.0896. The van der Waals surface area contributed by atoms with E-state index in [9.17, 15) is 12.8 Å². The van der Waals surface area contributed by atoms with Gasteiger partial charge in [0.1, 0.15) is 5.82 Å². The average Bonchev–Trinajstić information content (AvgIpc) is 3.05. The van der Waals surface area contributed by atoms with E-state index in [-0.39, 0.29) is 10.5 Å². The van der Waals surface area contributed by atoms with Crippen molar-refractivity contribution in [3.8, 4) is 0 Å². The highest BCUT2D eigenvalue weighted by Crippen LogP contribution is 2.28. The number of hydrogen-bond donors (Lipinski definition) is 0. The Morgan fingerprint density at radius 2 is 1.73 bits per heavy atom. The molecule has 0 atom stereocenters. The molecule has 0 unspecified atom stereocenters. The van der Waals surface area contributed by atoms with E-state index in [2.05, 4.69) is 4.98 Å². The summed E-state index contributed by atoms with van der Waals surface area (Å²) in [6.07, 6.45) is 2.38. The molecule has 30 heavy (non-hydrogen) atoms. The molecule has 0 saturated carbocycles. The van der Waals surface area contributed by atoms with Gasteiger partial charge in [-0.05, 0) is 58.3 Å². The zero-order valence-electron chi connectivity index (χ0n) is 17.9. The van der Waals surface area contributed by atoms with Crippen LogP contribution in [0.5, 0.6) is 0 Å². The summed E-state index contributed by atoms with van der Waals surface area (Å²) in [5.74, 6) is -0.570. The maximum Gasteiger partial charge on any atom is 0.333 e. The SMILES string of the molecule is COC(C)(C)C(C)(C)O[B]c1cn(S(=O)(=O)c2ccc(C)cc2)c2ncc(F)cc12. The van der Waals surface area contributed by atoms with Crippen molar-refractivity contribution in [2.45, 2.75) is 50.7 Å². The standard InChI is InChI=1S/C21H25BFN2O4S/c1-14-7-9-16(10-8-14)30(26,27)25-13-18(17-11-15(23)12-24-19(17)25)22-29-21(4,5)20(2,3)28-6/h7-13H,1-6H3. The number of rotatable bonds is 7. The number of hydrogen-bond acceptors (Lipinski definition) is 5. The lowest BCUT2D eigenvalue weighted by Gasteiger charge is -2.40. The van der Waals surface area contributed by atoms with Gasteiger partial charge in [0.15, 0.2) is 5.65 Å². The Balaban J connectivity index is 2.07. The second kappa shape index (κ2) is 7.79. The number of benzene rings is 1. The van der Waals surface area contributed by atoms with Gasteiger partial charge < -0.3 is 9.39 Å². The summed E-state index contributed by atoms with van der Waals surface area (Å²) >= 11 is 0. The number of fused-ring (bicyclic) bond motifs is 1. The Hall–Kier alpha value is -2.23. The van der Waals surface area contributed by atoms with E-state index in [4.69, 9.17) is 9.39 Å². The van der Waals surface area contributed by atoms with Crippen LogP contribution in [0.15, 0.2) is 47.6 Å². The highest BCUT2D eigenvalue weighted by atomic mass is 32.2. The molecule has 1 aromatic carbocycles. The molecule has 3 aromatic rings. The third-order valence-electron chi connectivity index (χ3n) is 5.63. The van der Waals surface area contributed by atoms with Crippen molar-refractivity contribution in [1.29, 1.82) is 0 Å². The molecule has 0 N–H and O–H groups in total. The molecule has 0 aliphatic carbocycles. The fourth-order valence-corrected chi connectivity index (χ4v) is 4.11. The second-order valence-corrected chi connectivity index (χ2v) is 10.00. The van der Waals surface area contributed by atoms with Gasteiger partial charge in [0.05, 0.1) is 22.3 Å². The van der Waals surface area contributed by atoms with Gasteiger partial charge in [-0.15, -0.1) is 0 Å². The maximum absolute atomic E-state index is 13.9. The topological polar surface area (TPSA) is 70.4 Å². The Morgan fingerprint density at radius 1 is 1.10 bits per heavy atom. The minimum Gasteiger partial charge on any atom is -0.427 e. The monoisotopic (exact) mass is 431 g/mol. The van der Waals surface area contributed by atoms with Crippen LogP contribution in [0.3, 0.4) is 0 Å². The van der Waals surface area contributed by atoms with Gasteiger partial charge in [-0.25, -0.2) is 21.8 Å². The number of halogens is 1. The molecule has 0 saturated heterocycles. The van der Waals surface area contributed by atoms with Crippen LogP contribution >= 0.6 is 0 Å². The van der Waals surface area contributed by atoms with Crippen LogP contribution in [0, 0.1) is 12.7 Å². The van der Waals surface area contributed by atoms with Crippen LogP contribution in [0.25, 0.3) is 11.0 Å². The largest absolute Gasteiger partial charge is 0.427 e. The minimum absolute atomic E-state index is 0.115. The molecule has 2 heterocycles. The Morgan fingerprint density at radius 3 is 2.33 bits per heavy atom. The van der Waals surface area contributed by atoms with Crippen molar-refractivity contribution in [2.24, 2.45) is 0 Å². The summed E-state index contributed by atoms with van der Waals surface area (Å²) in [6.45, 7) is 9.35. The van der Waals surface area contributed by atoms with Crippen LogP contribution in [0.4, 0.5) is 4.39 Å². The third-order valence-corrected chi connectivity index (χ3v) is 7.29. The number of nitrogens with zero attached hydrogens (tertiary/aromatic N) is 2. The molecular weight excluding hydrogens is 406 g/mol. The lowest BCUT2D eigenvalue weighted by Crippen LogP contribution is -2.50. The average molecular weight is 431 g/mol. The maximum atomic E-state index is 13.9. The van der Waals surface area contributed by atoms with Crippen molar-refractivity contribution in [2.75, 3.05) is 7.11 Å². The highest BCUT2D eigenvalue weighted by molar-refractivity contribution is 7.90. The van der Waals surface area contributed by atoms with E-state index in [1.165, 1.54) is 31.9 Å². The van der Waals surface area contributed by atoms with E-state index in [1.54, 1.807) is 19.2 Å². The van der Waals surface area contributed by atoms with E-state index >= 15 is 0 Å². The van der Waals surface area contributed by atoms with Gasteiger partial charge in [0, 0.05) is 18.7 Å². The molecule has 2 aromatic heterocycles. The lowest BCUT2D eigenvalue weighted by atomic mass is 9.82. The first-order valence-corrected chi connectivity index (χ1v) is 10.9. The molecule has 9 heteroatoms. The number of aromatic nitrogens is 2. The number of aryl methyl sites for hydroxylation is 1. The molecule has 0 bridgehead atoms. The van der Waals surface area contributed by atoms with Gasteiger partial charge in [-0.2, -0.15) is 0 Å². The smallest absolute Gasteiger partial charge is 0.333 e. The second-order valence-electron chi connectivity index (χ2n) is 8.18.